The van der Waals surface area contributed by atoms with Crippen LogP contribution in [-0.2, 0) is 27.2 Å². The minimum atomic E-state index is -0.697. The molecule has 2 N–H and O–H groups in total. The van der Waals surface area contributed by atoms with Crippen LogP contribution in [0.4, 0.5) is 5.69 Å². The van der Waals surface area contributed by atoms with Gasteiger partial charge in [-0.3, -0.25) is 19.4 Å². The molecule has 2 aliphatic rings. The highest BCUT2D eigenvalue weighted by molar-refractivity contribution is 8.14. The molecule has 3 amide bonds. The number of carbonyl (C=O) groups excluding carboxylic acids is 3. The monoisotopic (exact) mass is 613 g/mol. The summed E-state index contributed by atoms with van der Waals surface area (Å²) in [7, 11) is 3.17. The van der Waals surface area contributed by atoms with Crippen LogP contribution in [0, 0.1) is 0 Å². The van der Waals surface area contributed by atoms with Crippen molar-refractivity contribution in [3.63, 3.8) is 0 Å². The van der Waals surface area contributed by atoms with E-state index in [2.05, 4.69) is 10.6 Å². The van der Waals surface area contributed by atoms with Crippen LogP contribution >= 0.6 is 11.8 Å². The second kappa shape index (κ2) is 14.7. The van der Waals surface area contributed by atoms with E-state index in [9.17, 15) is 14.4 Å². The highest BCUT2D eigenvalue weighted by Gasteiger charge is 2.41. The molecule has 2 aliphatic heterocycles. The lowest BCUT2D eigenvalue weighted by atomic mass is 10.1. The molecule has 0 unspecified atom stereocenters. The number of aliphatic imine (C=N–C) groups is 2. The average molecular weight is 614 g/mol. The van der Waals surface area contributed by atoms with Gasteiger partial charge < -0.3 is 20.1 Å². The number of methoxy groups -OCH3 is 2. The van der Waals surface area contributed by atoms with E-state index in [0.717, 1.165) is 23.1 Å². The molecule has 3 aromatic rings. The predicted molar refractivity (Wildman–Crippen MR) is 172 cm³/mol. The summed E-state index contributed by atoms with van der Waals surface area (Å²) in [5.41, 5.74) is 3.59. The second-order valence-corrected chi connectivity index (χ2v) is 11.2. The Balaban J connectivity index is 1.15. The van der Waals surface area contributed by atoms with Crippen LogP contribution in [-0.4, -0.2) is 72.7 Å². The third-order valence-corrected chi connectivity index (χ3v) is 8.23. The lowest BCUT2D eigenvalue weighted by Gasteiger charge is -2.25. The number of hydrogen-bond donors (Lipinski definition) is 2. The Morgan fingerprint density at radius 3 is 2.34 bits per heavy atom. The molecule has 10 nitrogen and oxygen atoms in total. The fourth-order valence-corrected chi connectivity index (χ4v) is 5.83. The quantitative estimate of drug-likeness (QED) is 0.302. The van der Waals surface area contributed by atoms with Gasteiger partial charge in [-0.2, -0.15) is 0 Å². The molecular weight excluding hydrogens is 578 g/mol. The average Bonchev–Trinajstić information content (AvgIpc) is 3.39. The van der Waals surface area contributed by atoms with Crippen molar-refractivity contribution in [2.75, 3.05) is 33.1 Å². The van der Waals surface area contributed by atoms with Crippen LogP contribution in [0.15, 0.2) is 82.8 Å². The van der Waals surface area contributed by atoms with Gasteiger partial charge in [0.2, 0.25) is 11.8 Å². The Morgan fingerprint density at radius 2 is 1.57 bits per heavy atom. The van der Waals surface area contributed by atoms with Crippen LogP contribution in [0.1, 0.15) is 29.5 Å². The van der Waals surface area contributed by atoms with Crippen molar-refractivity contribution in [1.82, 2.24) is 15.5 Å². The number of thioether (sulfide) groups is 1. The lowest BCUT2D eigenvalue weighted by molar-refractivity contribution is -0.125. The van der Waals surface area contributed by atoms with Gasteiger partial charge in [0.15, 0.2) is 16.7 Å². The number of nitrogens with zero attached hydrogens (tertiary/aromatic N) is 3. The molecule has 1 atom stereocenters. The predicted octanol–water partition coefficient (Wildman–Crippen LogP) is 3.89. The first-order valence-corrected chi connectivity index (χ1v) is 15.5. The van der Waals surface area contributed by atoms with Gasteiger partial charge in [0.1, 0.15) is 11.9 Å². The smallest absolute Gasteiger partial charge is 0.259 e. The van der Waals surface area contributed by atoms with Crippen molar-refractivity contribution < 1.29 is 23.9 Å². The highest BCUT2D eigenvalue weighted by atomic mass is 32.2. The van der Waals surface area contributed by atoms with E-state index < -0.39 is 6.04 Å². The number of amidine groups is 2. The molecule has 44 heavy (non-hydrogen) atoms. The summed E-state index contributed by atoms with van der Waals surface area (Å²) in [5.74, 6) is 1.34. The summed E-state index contributed by atoms with van der Waals surface area (Å²) in [6, 6.07) is 22.4. The van der Waals surface area contributed by atoms with E-state index in [4.69, 9.17) is 19.5 Å². The highest BCUT2D eigenvalue weighted by Crippen LogP contribution is 2.34. The van der Waals surface area contributed by atoms with Crippen molar-refractivity contribution >= 4 is 46.2 Å². The molecule has 0 saturated carbocycles. The van der Waals surface area contributed by atoms with E-state index in [0.29, 0.717) is 47.7 Å². The SMILES string of the molecule is COc1ccc(CCNC(=O)CSC2=Nc3ccccc3C3=N[C@H](CCC(=O)NCCc4ccccc4)C(=O)N23)cc1OC. The standard InChI is InChI=1S/C33H35N5O5S/c1-42-27-14-12-23(20-28(27)43-2)17-19-35-30(40)21-44-33-37-25-11-7-6-10-24(25)31-36-26(32(41)38(31)33)13-15-29(39)34-18-16-22-8-4-3-5-9-22/h3-12,14,20,26H,13,15-19,21H2,1-2H3,(H,34,39)(H,35,40)/t26-/m1/s1. The van der Waals surface area contributed by atoms with Crippen molar-refractivity contribution in [2.24, 2.45) is 9.98 Å². The lowest BCUT2D eigenvalue weighted by Crippen LogP contribution is -2.42. The Labute approximate surface area is 260 Å². The Hall–Kier alpha value is -4.64. The fourth-order valence-electron chi connectivity index (χ4n) is 5.00. The largest absolute Gasteiger partial charge is 0.493 e. The topological polar surface area (TPSA) is 122 Å². The van der Waals surface area contributed by atoms with Gasteiger partial charge in [-0.1, -0.05) is 60.3 Å². The molecule has 0 bridgehead atoms. The Bertz CT molecular complexity index is 1580. The van der Waals surface area contributed by atoms with Crippen molar-refractivity contribution in [2.45, 2.75) is 31.7 Å². The third-order valence-electron chi connectivity index (χ3n) is 7.29. The molecule has 0 aromatic heterocycles. The second-order valence-electron chi connectivity index (χ2n) is 10.3. The van der Waals surface area contributed by atoms with Crippen LogP contribution in [0.5, 0.6) is 11.5 Å². The normalized spacial score (nSPS) is 15.1. The molecule has 0 spiro atoms. The first-order valence-electron chi connectivity index (χ1n) is 14.5. The number of ether oxygens (including phenoxy) is 2. The van der Waals surface area contributed by atoms with Crippen LogP contribution in [0.2, 0.25) is 0 Å². The third kappa shape index (κ3) is 7.46. The number of benzene rings is 3. The van der Waals surface area contributed by atoms with E-state index in [-0.39, 0.29) is 36.3 Å². The van der Waals surface area contributed by atoms with E-state index in [1.165, 1.54) is 16.7 Å². The Morgan fingerprint density at radius 1 is 0.864 bits per heavy atom. The molecule has 228 valence electrons. The maximum Gasteiger partial charge on any atom is 0.259 e. The molecule has 2 heterocycles. The number of carbonyl (C=O) groups is 3. The number of nitrogens with one attached hydrogen (secondary N) is 2. The van der Waals surface area contributed by atoms with Gasteiger partial charge in [0.05, 0.1) is 25.7 Å². The van der Waals surface area contributed by atoms with Gasteiger partial charge in [0.25, 0.3) is 5.91 Å². The van der Waals surface area contributed by atoms with Gasteiger partial charge in [-0.25, -0.2) is 9.89 Å². The summed E-state index contributed by atoms with van der Waals surface area (Å²) < 4.78 is 10.6. The maximum absolute atomic E-state index is 13.5. The fraction of sp³-hybridized carbons (Fsp3) is 0.303. The number of amides is 3. The van der Waals surface area contributed by atoms with Gasteiger partial charge >= 0.3 is 0 Å². The molecule has 0 aliphatic carbocycles. The summed E-state index contributed by atoms with van der Waals surface area (Å²) in [6.45, 7) is 0.967. The summed E-state index contributed by atoms with van der Waals surface area (Å²) in [4.78, 5) is 49.7. The van der Waals surface area contributed by atoms with E-state index in [1.807, 2.05) is 72.8 Å². The first-order chi connectivity index (χ1) is 21.5. The number of hydrogen-bond acceptors (Lipinski definition) is 8. The molecule has 11 heteroatoms. The zero-order chi connectivity index (χ0) is 30.9. The zero-order valence-electron chi connectivity index (χ0n) is 24.7. The first kappa shape index (κ1) is 30.8. The van der Waals surface area contributed by atoms with Crippen molar-refractivity contribution in [1.29, 1.82) is 0 Å². The number of rotatable bonds is 13. The Kier molecular flexibility index (Phi) is 10.3. The summed E-state index contributed by atoms with van der Waals surface area (Å²) >= 11 is 1.19. The molecule has 0 radical (unpaired) electrons. The summed E-state index contributed by atoms with van der Waals surface area (Å²) in [5, 5.41) is 6.26. The van der Waals surface area contributed by atoms with Crippen LogP contribution in [0.3, 0.4) is 0 Å². The molecule has 0 fully saturated rings. The number of para-hydroxylation sites is 1. The van der Waals surface area contributed by atoms with Crippen molar-refractivity contribution in [3.8, 4) is 11.5 Å². The van der Waals surface area contributed by atoms with Gasteiger partial charge in [-0.05, 0) is 54.7 Å². The van der Waals surface area contributed by atoms with Gasteiger partial charge in [-0.15, -0.1) is 0 Å². The van der Waals surface area contributed by atoms with Crippen molar-refractivity contribution in [3.05, 3.63) is 89.5 Å². The molecule has 5 rings (SSSR count). The van der Waals surface area contributed by atoms with Gasteiger partial charge in [0, 0.05) is 25.1 Å². The number of fused-ring (bicyclic) bond motifs is 3. The zero-order valence-corrected chi connectivity index (χ0v) is 25.6. The minimum Gasteiger partial charge on any atom is -0.493 e. The minimum absolute atomic E-state index is 0.0818. The van der Waals surface area contributed by atoms with Crippen LogP contribution < -0.4 is 20.1 Å². The van der Waals surface area contributed by atoms with Crippen LogP contribution in [0.25, 0.3) is 0 Å². The summed E-state index contributed by atoms with van der Waals surface area (Å²) in [6.07, 6.45) is 1.82. The maximum atomic E-state index is 13.5. The molecule has 0 saturated heterocycles. The van der Waals surface area contributed by atoms with E-state index >= 15 is 0 Å². The molecule has 3 aromatic carbocycles. The van der Waals surface area contributed by atoms with E-state index in [1.54, 1.807) is 14.2 Å². The molecular formula is C33H35N5O5S.